The number of anilines is 2. The number of pyridine rings is 1. The van der Waals surface area contributed by atoms with Crippen LogP contribution in [0.25, 0.3) is 10.9 Å². The van der Waals surface area contributed by atoms with Gasteiger partial charge in [-0.3, -0.25) is 14.4 Å². The van der Waals surface area contributed by atoms with Crippen LogP contribution in [0, 0.1) is 11.6 Å². The van der Waals surface area contributed by atoms with Crippen molar-refractivity contribution >= 4 is 46.2 Å². The van der Waals surface area contributed by atoms with Gasteiger partial charge in [-0.15, -0.1) is 0 Å². The number of aromatic nitrogens is 1. The van der Waals surface area contributed by atoms with E-state index in [1.54, 1.807) is 20.8 Å². The molecule has 240 valence electrons. The number of nitrogen functional groups attached to an aromatic ring is 1. The number of alkyl carbamates (subject to hydrolysis) is 1. The Morgan fingerprint density at radius 3 is 2.14 bits per heavy atom. The molecule has 13 nitrogen and oxygen atoms in total. The average molecular weight is 621 g/mol. The summed E-state index contributed by atoms with van der Waals surface area (Å²) in [7, 11) is 0. The number of rotatable bonds is 8. The topological polar surface area (TPSA) is 185 Å². The van der Waals surface area contributed by atoms with Crippen LogP contribution in [0.5, 0.6) is 0 Å². The maximum Gasteiger partial charge on any atom is 0.408 e. The van der Waals surface area contributed by atoms with Crippen molar-refractivity contribution in [2.24, 2.45) is 0 Å². The number of fused-ring (bicyclic) bond motifs is 1. The molecule has 0 spiro atoms. The molecule has 0 radical (unpaired) electrons. The minimum atomic E-state index is -1.51. The number of ether oxygens (including phenoxy) is 1. The van der Waals surface area contributed by atoms with Crippen LogP contribution < -0.4 is 32.0 Å². The lowest BCUT2D eigenvalue weighted by Gasteiger charge is -2.35. The third-order valence-electron chi connectivity index (χ3n) is 7.57. The molecule has 15 heteroatoms. The Balaban J connectivity index is 1.42. The van der Waals surface area contributed by atoms with E-state index in [1.165, 1.54) is 23.3 Å². The van der Waals surface area contributed by atoms with Gasteiger partial charge in [-0.05, 0) is 60.3 Å². The molecular weight excluding hydrogens is 582 g/mol. The van der Waals surface area contributed by atoms with Gasteiger partial charge in [0.05, 0.1) is 16.6 Å². The van der Waals surface area contributed by atoms with Crippen molar-refractivity contribution in [1.29, 1.82) is 0 Å². The number of halogens is 2. The Morgan fingerprint density at radius 1 is 1.00 bits per heavy atom. The second-order valence-electron chi connectivity index (χ2n) is 12.3. The first-order valence-corrected chi connectivity index (χ1v) is 14.4. The van der Waals surface area contributed by atoms with Crippen LogP contribution in [0.15, 0.2) is 11.0 Å². The van der Waals surface area contributed by atoms with E-state index < -0.39 is 80.9 Å². The van der Waals surface area contributed by atoms with Crippen LogP contribution in [0.3, 0.4) is 0 Å². The third kappa shape index (κ3) is 6.86. The Kier molecular flexibility index (Phi) is 9.07. The second-order valence-corrected chi connectivity index (χ2v) is 12.3. The molecule has 1 aliphatic heterocycles. The number of benzene rings is 1. The lowest BCUT2D eigenvalue weighted by molar-refractivity contribution is -0.129. The van der Waals surface area contributed by atoms with Gasteiger partial charge in [-0.2, -0.15) is 0 Å². The molecule has 3 amide bonds. The van der Waals surface area contributed by atoms with Gasteiger partial charge < -0.3 is 41.0 Å². The van der Waals surface area contributed by atoms with Gasteiger partial charge in [-0.25, -0.2) is 18.4 Å². The number of carbonyl (C=O) groups is 4. The van der Waals surface area contributed by atoms with Crippen molar-refractivity contribution in [1.82, 2.24) is 20.5 Å². The largest absolute Gasteiger partial charge is 0.477 e. The molecule has 2 fully saturated rings. The first kappa shape index (κ1) is 32.5. The third-order valence-corrected chi connectivity index (χ3v) is 7.57. The summed E-state index contributed by atoms with van der Waals surface area (Å²) in [6.45, 7) is 8.27. The second kappa shape index (κ2) is 12.3. The van der Waals surface area contributed by atoms with E-state index in [2.05, 4.69) is 16.0 Å². The highest BCUT2D eigenvalue weighted by Gasteiger charge is 2.34. The summed E-state index contributed by atoms with van der Waals surface area (Å²) < 4.78 is 38.1. The molecule has 6 N–H and O–H groups in total. The number of piperidine rings is 1. The van der Waals surface area contributed by atoms with Crippen LogP contribution in [-0.4, -0.2) is 70.4 Å². The molecule has 4 rings (SSSR count). The zero-order valence-corrected chi connectivity index (χ0v) is 25.3. The number of amides is 3. The maximum absolute atomic E-state index is 16.0. The lowest BCUT2D eigenvalue weighted by Crippen LogP contribution is -2.54. The summed E-state index contributed by atoms with van der Waals surface area (Å²) in [5, 5.41) is 16.7. The fourth-order valence-electron chi connectivity index (χ4n) is 5.15. The summed E-state index contributed by atoms with van der Waals surface area (Å²) in [5.74, 6) is -4.73. The Hall–Kier alpha value is -4.43. The molecule has 44 heavy (non-hydrogen) atoms. The smallest absolute Gasteiger partial charge is 0.408 e. The van der Waals surface area contributed by atoms with Crippen molar-refractivity contribution in [3.05, 3.63) is 33.6 Å². The summed E-state index contributed by atoms with van der Waals surface area (Å²) in [6, 6.07) is -2.49. The van der Waals surface area contributed by atoms with Crippen LogP contribution in [0.2, 0.25) is 0 Å². The SMILES string of the molecule is CC(NC(=O)OC(C)(C)C)C(=O)NC(C)C(=O)NC1CCN(c2c(F)c(N)c3c(=O)c(C(=O)O)cn(C4CC4)c3c2F)CC1. The fourth-order valence-corrected chi connectivity index (χ4v) is 5.15. The summed E-state index contributed by atoms with van der Waals surface area (Å²) in [6.07, 6.45) is 2.23. The molecule has 2 unspecified atom stereocenters. The Labute approximate surface area is 252 Å². The Morgan fingerprint density at radius 2 is 1.59 bits per heavy atom. The van der Waals surface area contributed by atoms with Gasteiger partial charge in [0.2, 0.25) is 17.2 Å². The van der Waals surface area contributed by atoms with Gasteiger partial charge in [0.1, 0.15) is 28.9 Å². The highest BCUT2D eigenvalue weighted by Crippen LogP contribution is 2.42. The van der Waals surface area contributed by atoms with Crippen LogP contribution >= 0.6 is 0 Å². The maximum atomic E-state index is 16.0. The van der Waals surface area contributed by atoms with E-state index in [0.717, 1.165) is 6.20 Å². The van der Waals surface area contributed by atoms with E-state index >= 15 is 8.78 Å². The van der Waals surface area contributed by atoms with E-state index in [1.807, 2.05) is 0 Å². The average Bonchev–Trinajstić information content (AvgIpc) is 3.76. The van der Waals surface area contributed by atoms with E-state index in [4.69, 9.17) is 10.5 Å². The van der Waals surface area contributed by atoms with Crippen molar-refractivity contribution in [3.63, 3.8) is 0 Å². The van der Waals surface area contributed by atoms with Crippen LogP contribution in [0.4, 0.5) is 25.0 Å². The number of hydrogen-bond donors (Lipinski definition) is 5. The molecule has 1 aromatic carbocycles. The fraction of sp³-hybridized carbons (Fsp3) is 0.552. The van der Waals surface area contributed by atoms with Gasteiger partial charge in [0, 0.05) is 31.4 Å². The molecular formula is C29H38F2N6O7. The number of carbonyl (C=O) groups excluding carboxylic acids is 3. The van der Waals surface area contributed by atoms with Gasteiger partial charge in [0.15, 0.2) is 11.6 Å². The zero-order chi connectivity index (χ0) is 32.7. The van der Waals surface area contributed by atoms with Crippen molar-refractivity contribution in [2.45, 2.75) is 90.1 Å². The van der Waals surface area contributed by atoms with Crippen LogP contribution in [-0.2, 0) is 14.3 Å². The quantitative estimate of drug-likeness (QED) is 0.277. The van der Waals surface area contributed by atoms with Gasteiger partial charge >= 0.3 is 12.1 Å². The molecule has 0 bridgehead atoms. The normalized spacial score (nSPS) is 17.1. The number of hydrogen-bond acceptors (Lipinski definition) is 8. The highest BCUT2D eigenvalue weighted by molar-refractivity contribution is 6.00. The highest BCUT2D eigenvalue weighted by atomic mass is 19.1. The van der Waals surface area contributed by atoms with Crippen molar-refractivity contribution in [2.75, 3.05) is 23.7 Å². The molecule has 2 atom stereocenters. The first-order valence-electron chi connectivity index (χ1n) is 14.4. The Bertz CT molecular complexity index is 1560. The summed E-state index contributed by atoms with van der Waals surface area (Å²) in [5.41, 5.74) is 2.33. The standard InChI is InChI=1S/C29H38F2N6O7/c1-13(33-25(39)14(2)34-28(43)44-29(3,4)5)26(40)35-15-8-10-36(11-9-15)23-19(30)21(32)18-22(20(23)31)37(16-6-7-16)12-17(24(18)38)27(41)42/h12-16H,6-11,32H2,1-5H3,(H,33,39)(H,34,43)(H,35,40)(H,41,42). The molecule has 1 aromatic heterocycles. The lowest BCUT2D eigenvalue weighted by atomic mass is 10.0. The van der Waals surface area contributed by atoms with Crippen LogP contribution in [0.1, 0.15) is 76.7 Å². The molecule has 1 saturated carbocycles. The van der Waals surface area contributed by atoms with E-state index in [0.29, 0.717) is 25.7 Å². The van der Waals surface area contributed by atoms with E-state index in [9.17, 15) is 29.1 Å². The number of carboxylic acid groups (broad SMARTS) is 1. The molecule has 2 aliphatic rings. The number of nitrogens with two attached hydrogens (primary N) is 1. The molecule has 1 aliphatic carbocycles. The predicted octanol–water partition coefficient (Wildman–Crippen LogP) is 2.40. The van der Waals surface area contributed by atoms with Gasteiger partial charge in [-0.1, -0.05) is 0 Å². The van der Waals surface area contributed by atoms with Crippen molar-refractivity contribution in [3.8, 4) is 0 Å². The predicted molar refractivity (Wildman–Crippen MR) is 158 cm³/mol. The summed E-state index contributed by atoms with van der Waals surface area (Å²) >= 11 is 0. The minimum Gasteiger partial charge on any atom is -0.477 e. The van der Waals surface area contributed by atoms with E-state index in [-0.39, 0.29) is 30.7 Å². The summed E-state index contributed by atoms with van der Waals surface area (Å²) in [4.78, 5) is 63.2. The minimum absolute atomic E-state index is 0.141. The molecule has 2 heterocycles. The molecule has 2 aromatic rings. The van der Waals surface area contributed by atoms with Gasteiger partial charge in [0.25, 0.3) is 0 Å². The van der Waals surface area contributed by atoms with Crippen molar-refractivity contribution < 1.29 is 37.8 Å². The zero-order valence-electron chi connectivity index (χ0n) is 25.3. The number of nitrogens with one attached hydrogen (secondary N) is 3. The first-order chi connectivity index (χ1) is 20.5. The number of aromatic carboxylic acids is 1. The number of carboxylic acids is 1. The molecule has 1 saturated heterocycles. The number of nitrogens with zero attached hydrogens (tertiary/aromatic N) is 2. The monoisotopic (exact) mass is 620 g/mol.